The molecule has 0 heterocycles. The van der Waals surface area contributed by atoms with Crippen LogP contribution in [0.5, 0.6) is 0 Å². The molecule has 2 aliphatic carbocycles. The highest BCUT2D eigenvalue weighted by Crippen LogP contribution is 2.62. The van der Waals surface area contributed by atoms with Gasteiger partial charge in [-0.05, 0) is 60.5 Å². The second-order valence-electron chi connectivity index (χ2n) is 9.37. The van der Waals surface area contributed by atoms with Crippen LogP contribution in [-0.4, -0.2) is 48.1 Å². The lowest BCUT2D eigenvalue weighted by atomic mass is 9.45. The summed E-state index contributed by atoms with van der Waals surface area (Å²) in [7, 11) is 0. The van der Waals surface area contributed by atoms with Gasteiger partial charge >= 0.3 is 11.9 Å². The Balaban J connectivity index is 2.41. The number of aliphatic hydroxyl groups excluding tert-OH is 2. The lowest BCUT2D eigenvalue weighted by Crippen LogP contribution is -2.58. The molecule has 6 nitrogen and oxygen atoms in total. The van der Waals surface area contributed by atoms with Gasteiger partial charge in [-0.3, -0.25) is 9.59 Å². The quantitative estimate of drug-likeness (QED) is 0.459. The van der Waals surface area contributed by atoms with Gasteiger partial charge in [0.1, 0.15) is 12.7 Å². The zero-order valence-electron chi connectivity index (χ0n) is 19.1. The minimum atomic E-state index is -0.416. The van der Waals surface area contributed by atoms with Crippen LogP contribution in [-0.2, 0) is 19.1 Å². The van der Waals surface area contributed by atoms with Crippen LogP contribution in [0.2, 0.25) is 0 Å². The van der Waals surface area contributed by atoms with E-state index in [1.54, 1.807) is 6.08 Å². The first-order valence-electron chi connectivity index (χ1n) is 11.0. The molecule has 0 aromatic rings. The highest BCUT2D eigenvalue weighted by atomic mass is 16.5. The van der Waals surface area contributed by atoms with Gasteiger partial charge in [-0.25, -0.2) is 0 Å². The molecule has 2 rings (SSSR count). The zero-order valence-corrected chi connectivity index (χ0v) is 19.1. The van der Waals surface area contributed by atoms with Crippen molar-refractivity contribution >= 4 is 11.9 Å². The van der Waals surface area contributed by atoms with Crippen LogP contribution in [0.1, 0.15) is 66.7 Å². The summed E-state index contributed by atoms with van der Waals surface area (Å²) < 4.78 is 11.2. The van der Waals surface area contributed by atoms with Crippen molar-refractivity contribution in [1.82, 2.24) is 0 Å². The summed E-state index contributed by atoms with van der Waals surface area (Å²) in [4.78, 5) is 23.4. The second kappa shape index (κ2) is 10.1. The number of rotatable bonds is 8. The topological polar surface area (TPSA) is 93.1 Å². The number of hydrogen-bond donors (Lipinski definition) is 2. The molecule has 5 atom stereocenters. The lowest BCUT2D eigenvalue weighted by molar-refractivity contribution is -0.176. The van der Waals surface area contributed by atoms with Crippen LogP contribution in [0, 0.1) is 22.7 Å². The highest BCUT2D eigenvalue weighted by molar-refractivity contribution is 5.67. The summed E-state index contributed by atoms with van der Waals surface area (Å²) in [6.07, 6.45) is 7.75. The van der Waals surface area contributed by atoms with Gasteiger partial charge in [-0.15, -0.1) is 0 Å². The number of carbonyl (C=O) groups is 2. The van der Waals surface area contributed by atoms with Gasteiger partial charge in [0.15, 0.2) is 0 Å². The molecule has 0 amide bonds. The van der Waals surface area contributed by atoms with Crippen LogP contribution in [0.25, 0.3) is 0 Å². The minimum absolute atomic E-state index is 0.0507. The van der Waals surface area contributed by atoms with E-state index in [0.717, 1.165) is 36.8 Å². The first kappa shape index (κ1) is 24.6. The normalized spacial score (nSPS) is 34.0. The van der Waals surface area contributed by atoms with Crippen molar-refractivity contribution in [1.29, 1.82) is 0 Å². The molecule has 0 spiro atoms. The molecule has 0 aromatic heterocycles. The van der Waals surface area contributed by atoms with Crippen molar-refractivity contribution < 1.29 is 29.3 Å². The highest BCUT2D eigenvalue weighted by Gasteiger charge is 2.59. The van der Waals surface area contributed by atoms with E-state index in [1.165, 1.54) is 13.8 Å². The minimum Gasteiger partial charge on any atom is -0.462 e. The molecule has 0 saturated heterocycles. The third kappa shape index (κ3) is 4.97. The van der Waals surface area contributed by atoms with Crippen molar-refractivity contribution in [2.24, 2.45) is 22.7 Å². The van der Waals surface area contributed by atoms with Crippen molar-refractivity contribution in [3.05, 3.63) is 23.3 Å². The fraction of sp³-hybridized carbons (Fsp3) is 0.750. The van der Waals surface area contributed by atoms with Gasteiger partial charge in [0, 0.05) is 19.3 Å². The second-order valence-corrected chi connectivity index (χ2v) is 9.37. The third-order valence-electron chi connectivity index (χ3n) is 7.73. The Morgan fingerprint density at radius 1 is 1.23 bits per heavy atom. The molecule has 1 fully saturated rings. The molecular weight excluding hydrogens is 384 g/mol. The zero-order chi connectivity index (χ0) is 22.5. The maximum Gasteiger partial charge on any atom is 0.302 e. The molecular formula is C24H38O6. The van der Waals surface area contributed by atoms with Gasteiger partial charge in [-0.2, -0.15) is 0 Å². The number of allylic oxidation sites excluding steroid dienone is 1. The van der Waals surface area contributed by atoms with Gasteiger partial charge in [0.05, 0.1) is 13.2 Å². The van der Waals surface area contributed by atoms with Crippen LogP contribution >= 0.6 is 0 Å². The molecule has 0 aliphatic heterocycles. The van der Waals surface area contributed by atoms with E-state index in [0.29, 0.717) is 12.3 Å². The molecule has 2 N–H and O–H groups in total. The predicted octanol–water partition coefficient (Wildman–Crippen LogP) is 3.56. The maximum atomic E-state index is 11.9. The Bertz CT molecular complexity index is 696. The van der Waals surface area contributed by atoms with E-state index in [1.807, 2.05) is 0 Å². The Morgan fingerprint density at radius 2 is 1.93 bits per heavy atom. The molecule has 0 aromatic carbocycles. The van der Waals surface area contributed by atoms with E-state index < -0.39 is 5.41 Å². The summed E-state index contributed by atoms with van der Waals surface area (Å²) in [6, 6.07) is 0. The molecule has 0 radical (unpaired) electrons. The first-order chi connectivity index (χ1) is 14.1. The van der Waals surface area contributed by atoms with Crippen molar-refractivity contribution in [3.8, 4) is 0 Å². The third-order valence-corrected chi connectivity index (χ3v) is 7.73. The molecule has 6 heteroatoms. The SMILES string of the molecule is CC(=O)OCC1=CCC[C@H]2[C@@](C)(CC/C(=C\CO)CO)[C@H](C)C[C@@H](OC(C)=O)[C@]12C. The Morgan fingerprint density at radius 3 is 2.50 bits per heavy atom. The van der Waals surface area contributed by atoms with E-state index in [4.69, 9.17) is 9.47 Å². The number of fused-ring (bicyclic) bond motifs is 1. The summed E-state index contributed by atoms with van der Waals surface area (Å²) in [6.45, 7) is 9.61. The Kier molecular flexibility index (Phi) is 8.28. The van der Waals surface area contributed by atoms with Gasteiger partial charge in [0.25, 0.3) is 0 Å². The standard InChI is InChI=1S/C24H38O6/c1-16-13-22(30-18(3)28)24(5)20(15-29-17(2)27)7-6-8-21(24)23(16,4)11-9-19(14-26)10-12-25/h7,10,16,21-22,25-26H,6,8-9,11-15H2,1-5H3/b19-10+/t16-,21+,22-,23+,24-/m1/s1. The fourth-order valence-electron chi connectivity index (χ4n) is 5.78. The van der Waals surface area contributed by atoms with E-state index in [9.17, 15) is 19.8 Å². The molecule has 170 valence electrons. The van der Waals surface area contributed by atoms with Crippen LogP contribution < -0.4 is 0 Å². The summed E-state index contributed by atoms with van der Waals surface area (Å²) in [5.41, 5.74) is 1.42. The van der Waals surface area contributed by atoms with Crippen LogP contribution in [0.3, 0.4) is 0 Å². The lowest BCUT2D eigenvalue weighted by Gasteiger charge is -2.60. The smallest absolute Gasteiger partial charge is 0.302 e. The van der Waals surface area contributed by atoms with Crippen molar-refractivity contribution in [3.63, 3.8) is 0 Å². The van der Waals surface area contributed by atoms with Crippen molar-refractivity contribution in [2.45, 2.75) is 72.8 Å². The largest absolute Gasteiger partial charge is 0.462 e. The summed E-state index contributed by atoms with van der Waals surface area (Å²) in [5.74, 6) is -0.0641. The molecule has 1 saturated carbocycles. The number of ether oxygens (including phenoxy) is 2. The number of aliphatic hydroxyl groups is 2. The van der Waals surface area contributed by atoms with Gasteiger partial charge < -0.3 is 19.7 Å². The fourth-order valence-corrected chi connectivity index (χ4v) is 5.78. The Hall–Kier alpha value is -1.66. The average molecular weight is 423 g/mol. The molecule has 0 unspecified atom stereocenters. The number of hydrogen-bond acceptors (Lipinski definition) is 6. The predicted molar refractivity (Wildman–Crippen MR) is 114 cm³/mol. The maximum absolute atomic E-state index is 11.9. The van der Waals surface area contributed by atoms with E-state index in [2.05, 4.69) is 26.8 Å². The summed E-state index contributed by atoms with van der Waals surface area (Å²) >= 11 is 0. The van der Waals surface area contributed by atoms with Gasteiger partial charge in [-0.1, -0.05) is 32.9 Å². The van der Waals surface area contributed by atoms with Crippen LogP contribution in [0.15, 0.2) is 23.3 Å². The first-order valence-corrected chi connectivity index (χ1v) is 11.0. The monoisotopic (exact) mass is 422 g/mol. The Labute approximate surface area is 180 Å². The van der Waals surface area contributed by atoms with Crippen LogP contribution in [0.4, 0.5) is 0 Å². The van der Waals surface area contributed by atoms with E-state index >= 15 is 0 Å². The van der Waals surface area contributed by atoms with E-state index in [-0.39, 0.29) is 49.2 Å². The number of esters is 2. The van der Waals surface area contributed by atoms with Gasteiger partial charge in [0.2, 0.25) is 0 Å². The van der Waals surface area contributed by atoms with Crippen molar-refractivity contribution in [2.75, 3.05) is 19.8 Å². The average Bonchev–Trinajstić information content (AvgIpc) is 2.68. The number of carbonyl (C=O) groups excluding carboxylic acids is 2. The molecule has 2 aliphatic rings. The molecule has 30 heavy (non-hydrogen) atoms. The summed E-state index contributed by atoms with van der Waals surface area (Å²) in [5, 5.41) is 18.9. The molecule has 0 bridgehead atoms.